The summed E-state index contributed by atoms with van der Waals surface area (Å²) >= 11 is 0. The molecular weight excluding hydrogens is 198 g/mol. The van der Waals surface area contributed by atoms with Crippen LogP contribution in [0.1, 0.15) is 26.7 Å². The maximum absolute atomic E-state index is 5.83. The predicted octanol–water partition coefficient (Wildman–Crippen LogP) is 1.24. The summed E-state index contributed by atoms with van der Waals surface area (Å²) in [6.45, 7) is 9.05. The van der Waals surface area contributed by atoms with Gasteiger partial charge in [0.2, 0.25) is 0 Å². The lowest BCUT2D eigenvalue weighted by Gasteiger charge is -2.30. The van der Waals surface area contributed by atoms with Gasteiger partial charge in [-0.3, -0.25) is 0 Å². The Kier molecular flexibility index (Phi) is 5.73. The van der Waals surface area contributed by atoms with Crippen molar-refractivity contribution in [2.45, 2.75) is 32.7 Å². The second kappa shape index (κ2) is 6.58. The second-order valence-electron chi connectivity index (χ2n) is 5.73. The van der Waals surface area contributed by atoms with Crippen molar-refractivity contribution < 1.29 is 0 Å². The SMILES string of the molecule is CC(C)C(CN)N(C)CCC1CCN(C)C1. The summed E-state index contributed by atoms with van der Waals surface area (Å²) in [5, 5.41) is 0. The van der Waals surface area contributed by atoms with E-state index in [4.69, 9.17) is 5.73 Å². The number of likely N-dealkylation sites (N-methyl/N-ethyl adjacent to an activating group) is 1. The van der Waals surface area contributed by atoms with Crippen LogP contribution in [-0.4, -0.2) is 56.1 Å². The molecule has 1 fully saturated rings. The van der Waals surface area contributed by atoms with E-state index in [-0.39, 0.29) is 0 Å². The van der Waals surface area contributed by atoms with Gasteiger partial charge in [0.1, 0.15) is 0 Å². The zero-order chi connectivity index (χ0) is 12.1. The smallest absolute Gasteiger partial charge is 0.0238 e. The lowest BCUT2D eigenvalue weighted by molar-refractivity contribution is 0.185. The summed E-state index contributed by atoms with van der Waals surface area (Å²) in [6, 6.07) is 0.541. The van der Waals surface area contributed by atoms with E-state index in [1.807, 2.05) is 0 Å². The summed E-state index contributed by atoms with van der Waals surface area (Å²) in [7, 11) is 4.44. The molecule has 0 saturated carbocycles. The van der Waals surface area contributed by atoms with Crippen LogP contribution in [0.25, 0.3) is 0 Å². The molecule has 0 aromatic heterocycles. The van der Waals surface area contributed by atoms with Crippen LogP contribution < -0.4 is 5.73 Å². The molecule has 0 aromatic carbocycles. The number of hydrogen-bond acceptors (Lipinski definition) is 3. The lowest BCUT2D eigenvalue weighted by atomic mass is 10.0. The molecule has 3 heteroatoms. The van der Waals surface area contributed by atoms with Crippen molar-refractivity contribution in [3.8, 4) is 0 Å². The molecule has 1 heterocycles. The van der Waals surface area contributed by atoms with Crippen LogP contribution in [-0.2, 0) is 0 Å². The normalized spacial score (nSPS) is 24.6. The molecule has 1 rings (SSSR count). The highest BCUT2D eigenvalue weighted by atomic mass is 15.1. The molecular formula is C13H29N3. The minimum atomic E-state index is 0.541. The molecule has 2 N–H and O–H groups in total. The molecule has 96 valence electrons. The summed E-state index contributed by atoms with van der Waals surface area (Å²) in [4.78, 5) is 4.89. The first-order valence-corrected chi connectivity index (χ1v) is 6.63. The molecule has 0 aromatic rings. The maximum Gasteiger partial charge on any atom is 0.0238 e. The molecule has 1 saturated heterocycles. The molecule has 2 atom stereocenters. The van der Waals surface area contributed by atoms with E-state index in [0.717, 1.165) is 12.5 Å². The van der Waals surface area contributed by atoms with E-state index in [1.165, 1.54) is 32.5 Å². The van der Waals surface area contributed by atoms with Crippen LogP contribution in [0.3, 0.4) is 0 Å². The fraction of sp³-hybridized carbons (Fsp3) is 1.00. The van der Waals surface area contributed by atoms with Gasteiger partial charge in [0.15, 0.2) is 0 Å². The molecule has 3 nitrogen and oxygen atoms in total. The minimum Gasteiger partial charge on any atom is -0.329 e. The van der Waals surface area contributed by atoms with Crippen LogP contribution in [0, 0.1) is 11.8 Å². The third-order valence-corrected chi connectivity index (χ3v) is 3.96. The Morgan fingerprint density at radius 1 is 1.44 bits per heavy atom. The van der Waals surface area contributed by atoms with Crippen LogP contribution >= 0.6 is 0 Å². The third-order valence-electron chi connectivity index (χ3n) is 3.96. The standard InChI is InChI=1S/C13H29N3/c1-11(2)13(9-14)16(4)8-6-12-5-7-15(3)10-12/h11-13H,5-10,14H2,1-4H3. The van der Waals surface area contributed by atoms with E-state index in [1.54, 1.807) is 0 Å². The van der Waals surface area contributed by atoms with E-state index >= 15 is 0 Å². The molecule has 1 aliphatic heterocycles. The Bertz CT molecular complexity index is 194. The van der Waals surface area contributed by atoms with Crippen LogP contribution in [0.4, 0.5) is 0 Å². The second-order valence-corrected chi connectivity index (χ2v) is 5.73. The molecule has 0 aliphatic carbocycles. The van der Waals surface area contributed by atoms with Crippen LogP contribution in [0.15, 0.2) is 0 Å². The van der Waals surface area contributed by atoms with Crippen molar-refractivity contribution in [2.24, 2.45) is 17.6 Å². The van der Waals surface area contributed by atoms with Gasteiger partial charge in [-0.2, -0.15) is 0 Å². The summed E-state index contributed by atoms with van der Waals surface area (Å²) in [6.07, 6.45) is 2.70. The number of rotatable bonds is 6. The van der Waals surface area contributed by atoms with Crippen molar-refractivity contribution in [2.75, 3.05) is 40.3 Å². The Balaban J connectivity index is 2.25. The minimum absolute atomic E-state index is 0.541. The third kappa shape index (κ3) is 4.04. The molecule has 0 amide bonds. The summed E-state index contributed by atoms with van der Waals surface area (Å²) < 4.78 is 0. The number of nitrogens with zero attached hydrogens (tertiary/aromatic N) is 2. The van der Waals surface area contributed by atoms with E-state index in [0.29, 0.717) is 12.0 Å². The molecule has 2 unspecified atom stereocenters. The first-order chi connectivity index (χ1) is 7.54. The van der Waals surface area contributed by atoms with Gasteiger partial charge >= 0.3 is 0 Å². The number of likely N-dealkylation sites (tertiary alicyclic amines) is 1. The Hall–Kier alpha value is -0.120. The lowest BCUT2D eigenvalue weighted by Crippen LogP contribution is -2.42. The monoisotopic (exact) mass is 227 g/mol. The molecule has 0 radical (unpaired) electrons. The van der Waals surface area contributed by atoms with E-state index < -0.39 is 0 Å². The van der Waals surface area contributed by atoms with Crippen molar-refractivity contribution >= 4 is 0 Å². The summed E-state index contributed by atoms with van der Waals surface area (Å²) in [5.41, 5.74) is 5.83. The van der Waals surface area contributed by atoms with Crippen molar-refractivity contribution in [3.63, 3.8) is 0 Å². The molecule has 0 spiro atoms. The van der Waals surface area contributed by atoms with Crippen LogP contribution in [0.2, 0.25) is 0 Å². The van der Waals surface area contributed by atoms with Gasteiger partial charge < -0.3 is 15.5 Å². The van der Waals surface area contributed by atoms with Gasteiger partial charge in [-0.25, -0.2) is 0 Å². The fourth-order valence-electron chi connectivity index (χ4n) is 2.78. The van der Waals surface area contributed by atoms with E-state index in [9.17, 15) is 0 Å². The van der Waals surface area contributed by atoms with Crippen LogP contribution in [0.5, 0.6) is 0 Å². The maximum atomic E-state index is 5.83. The highest BCUT2D eigenvalue weighted by molar-refractivity contribution is 4.77. The average Bonchev–Trinajstić information content (AvgIpc) is 2.62. The zero-order valence-corrected chi connectivity index (χ0v) is 11.4. The first-order valence-electron chi connectivity index (χ1n) is 6.63. The van der Waals surface area contributed by atoms with Crippen molar-refractivity contribution in [1.29, 1.82) is 0 Å². The number of hydrogen-bond donors (Lipinski definition) is 1. The summed E-state index contributed by atoms with van der Waals surface area (Å²) in [5.74, 6) is 1.55. The van der Waals surface area contributed by atoms with Gasteiger partial charge in [0, 0.05) is 19.1 Å². The fourth-order valence-corrected chi connectivity index (χ4v) is 2.78. The first kappa shape index (κ1) is 13.9. The van der Waals surface area contributed by atoms with Gasteiger partial charge in [0.25, 0.3) is 0 Å². The van der Waals surface area contributed by atoms with E-state index in [2.05, 4.69) is 37.7 Å². The molecule has 0 bridgehead atoms. The Morgan fingerprint density at radius 3 is 2.56 bits per heavy atom. The largest absolute Gasteiger partial charge is 0.329 e. The predicted molar refractivity (Wildman–Crippen MR) is 70.5 cm³/mol. The van der Waals surface area contributed by atoms with Gasteiger partial charge in [0.05, 0.1) is 0 Å². The average molecular weight is 227 g/mol. The highest BCUT2D eigenvalue weighted by Gasteiger charge is 2.22. The topological polar surface area (TPSA) is 32.5 Å². The van der Waals surface area contributed by atoms with Crippen molar-refractivity contribution in [1.82, 2.24) is 9.80 Å². The number of nitrogens with two attached hydrogens (primary N) is 1. The Morgan fingerprint density at radius 2 is 2.12 bits per heavy atom. The van der Waals surface area contributed by atoms with Gasteiger partial charge in [-0.05, 0) is 51.9 Å². The molecule has 16 heavy (non-hydrogen) atoms. The Labute approximate surface area is 101 Å². The zero-order valence-electron chi connectivity index (χ0n) is 11.4. The highest BCUT2D eigenvalue weighted by Crippen LogP contribution is 2.19. The quantitative estimate of drug-likeness (QED) is 0.741. The van der Waals surface area contributed by atoms with Gasteiger partial charge in [-0.15, -0.1) is 0 Å². The molecule has 1 aliphatic rings. The van der Waals surface area contributed by atoms with Gasteiger partial charge in [-0.1, -0.05) is 13.8 Å². The van der Waals surface area contributed by atoms with Crippen molar-refractivity contribution in [3.05, 3.63) is 0 Å².